The number of carbonyl (C=O) groups is 2. The van der Waals surface area contributed by atoms with Gasteiger partial charge in [0, 0.05) is 12.8 Å². The highest BCUT2D eigenvalue weighted by atomic mass is 16.7. The van der Waals surface area contributed by atoms with Crippen molar-refractivity contribution in [1.29, 1.82) is 0 Å². The lowest BCUT2D eigenvalue weighted by molar-refractivity contribution is -0.302. The lowest BCUT2D eigenvalue weighted by atomic mass is 9.99. The number of esters is 1. The molecule has 0 saturated carbocycles. The fourth-order valence-corrected chi connectivity index (χ4v) is 10.8. The molecule has 1 aliphatic heterocycles. The highest BCUT2D eigenvalue weighted by Crippen LogP contribution is 2.23. The molecule has 0 aromatic heterocycles. The Morgan fingerprint density at radius 3 is 1.24 bits per heavy atom. The summed E-state index contributed by atoms with van der Waals surface area (Å²) in [7, 11) is 0. The number of rotatable bonds is 60. The predicted octanol–water partition coefficient (Wildman–Crippen LogP) is 17.0. The summed E-state index contributed by atoms with van der Waals surface area (Å²) in [5, 5.41) is 54.6. The number of hydrogen-bond acceptors (Lipinski definition) is 10. The van der Waals surface area contributed by atoms with Gasteiger partial charge in [-0.3, -0.25) is 9.59 Å². The number of aliphatic hydroxyl groups excluding tert-OH is 5. The summed E-state index contributed by atoms with van der Waals surface area (Å²) < 4.78 is 16.7. The molecule has 1 heterocycles. The minimum Gasteiger partial charge on any atom is -0.466 e. The first kappa shape index (κ1) is 75.9. The van der Waals surface area contributed by atoms with E-state index in [1.165, 1.54) is 244 Å². The maximum absolute atomic E-state index is 13.1. The number of amides is 1. The minimum absolute atomic E-state index is 0.00666. The molecule has 0 aromatic carbocycles. The van der Waals surface area contributed by atoms with Gasteiger partial charge in [-0.05, 0) is 77.0 Å². The molecule has 0 spiro atoms. The van der Waals surface area contributed by atoms with Gasteiger partial charge < -0.3 is 45.1 Å². The van der Waals surface area contributed by atoms with Gasteiger partial charge in [0.2, 0.25) is 5.91 Å². The molecule has 1 aliphatic rings. The van der Waals surface area contributed by atoms with E-state index in [1.54, 1.807) is 6.08 Å². The zero-order valence-corrected chi connectivity index (χ0v) is 52.1. The Kier molecular flexibility index (Phi) is 55.6. The number of hydrogen-bond donors (Lipinski definition) is 6. The Labute approximate surface area is 492 Å². The lowest BCUT2D eigenvalue weighted by Crippen LogP contribution is -2.60. The van der Waals surface area contributed by atoms with Crippen LogP contribution >= 0.6 is 0 Å². The summed E-state index contributed by atoms with van der Waals surface area (Å²) >= 11 is 0. The van der Waals surface area contributed by atoms with Crippen LogP contribution in [0.2, 0.25) is 0 Å². The van der Waals surface area contributed by atoms with Gasteiger partial charge in [0.25, 0.3) is 0 Å². The van der Waals surface area contributed by atoms with Gasteiger partial charge in [-0.25, -0.2) is 0 Å². The molecule has 0 aliphatic carbocycles. The number of allylic oxidation sites excluding steroid dienone is 5. The molecule has 0 aromatic rings. The van der Waals surface area contributed by atoms with Crippen molar-refractivity contribution in [2.75, 3.05) is 19.8 Å². The number of carbonyl (C=O) groups excluding carboxylic acids is 2. The van der Waals surface area contributed by atoms with Crippen LogP contribution in [0.15, 0.2) is 36.5 Å². The summed E-state index contributed by atoms with van der Waals surface area (Å²) in [6.45, 7) is 4.33. The summed E-state index contributed by atoms with van der Waals surface area (Å²) in [6, 6.07) is -0.812. The third-order valence-electron chi connectivity index (χ3n) is 16.2. The molecule has 11 heteroatoms. The van der Waals surface area contributed by atoms with Gasteiger partial charge in [0.05, 0.1) is 32.0 Å². The minimum atomic E-state index is -1.57. The van der Waals surface area contributed by atoms with E-state index < -0.39 is 49.5 Å². The van der Waals surface area contributed by atoms with Crippen LogP contribution in [0, 0.1) is 0 Å². The second-order valence-electron chi connectivity index (χ2n) is 23.9. The Morgan fingerprint density at radius 2 is 0.812 bits per heavy atom. The molecule has 0 radical (unpaired) electrons. The van der Waals surface area contributed by atoms with Crippen LogP contribution in [0.1, 0.15) is 328 Å². The third-order valence-corrected chi connectivity index (χ3v) is 16.2. The van der Waals surface area contributed by atoms with E-state index in [4.69, 9.17) is 14.2 Å². The highest BCUT2D eigenvalue weighted by Gasteiger charge is 2.44. The van der Waals surface area contributed by atoms with Gasteiger partial charge >= 0.3 is 5.97 Å². The molecule has 80 heavy (non-hydrogen) atoms. The molecule has 0 bridgehead atoms. The Morgan fingerprint density at radius 1 is 0.450 bits per heavy atom. The average Bonchev–Trinajstić information content (AvgIpc) is 3.45. The summed E-state index contributed by atoms with van der Waals surface area (Å²) in [4.78, 5) is 25.1. The molecule has 1 fully saturated rings. The maximum Gasteiger partial charge on any atom is 0.305 e. The van der Waals surface area contributed by atoms with Crippen LogP contribution < -0.4 is 5.32 Å². The van der Waals surface area contributed by atoms with E-state index in [1.807, 2.05) is 6.08 Å². The molecule has 1 amide bonds. The maximum atomic E-state index is 13.1. The highest BCUT2D eigenvalue weighted by molar-refractivity contribution is 5.76. The van der Waals surface area contributed by atoms with Gasteiger partial charge in [-0.2, -0.15) is 0 Å². The van der Waals surface area contributed by atoms with Gasteiger partial charge in [-0.15, -0.1) is 0 Å². The number of nitrogens with one attached hydrogen (secondary N) is 1. The van der Waals surface area contributed by atoms with E-state index in [0.717, 1.165) is 57.8 Å². The number of unbranched alkanes of at least 4 members (excludes halogenated alkanes) is 42. The smallest absolute Gasteiger partial charge is 0.305 e. The van der Waals surface area contributed by atoms with Crippen LogP contribution in [-0.2, 0) is 23.8 Å². The van der Waals surface area contributed by atoms with E-state index in [2.05, 4.69) is 43.5 Å². The van der Waals surface area contributed by atoms with Crippen molar-refractivity contribution < 1.29 is 49.3 Å². The van der Waals surface area contributed by atoms with Crippen molar-refractivity contribution in [3.8, 4) is 0 Å². The monoisotopic (exact) mass is 1130 g/mol. The van der Waals surface area contributed by atoms with E-state index in [-0.39, 0.29) is 18.5 Å². The standard InChI is InChI=1S/C69H129NO10/c1-3-5-7-9-11-13-15-16-29-32-36-39-43-47-51-55-62(72)61(60-79-69-68(77)67(76)66(75)63(59-71)80-69)70-64(73)56-52-48-44-40-37-33-30-27-25-23-21-19-17-18-20-22-24-26-28-31-34-38-42-46-50-54-58-78-65(74)57-53-49-45-41-35-14-12-10-8-6-4-2/h10,12,17,19,51,55,61-63,66-69,71-72,75-77H,3-9,11,13-16,18,20-50,52-54,56-60H2,1-2H3,(H,70,73)/b12-10-,19-17-,55-51+. The molecular formula is C69H129NO10. The molecular weight excluding hydrogens is 1000 g/mol. The molecule has 7 atom stereocenters. The topological polar surface area (TPSA) is 175 Å². The third kappa shape index (κ3) is 47.3. The van der Waals surface area contributed by atoms with Crippen LogP contribution in [0.25, 0.3) is 0 Å². The summed E-state index contributed by atoms with van der Waals surface area (Å²) in [6.07, 6.45) is 63.9. The molecule has 7 unspecified atom stereocenters. The van der Waals surface area contributed by atoms with Crippen LogP contribution in [0.5, 0.6) is 0 Å². The van der Waals surface area contributed by atoms with Crippen molar-refractivity contribution in [3.05, 3.63) is 36.5 Å². The van der Waals surface area contributed by atoms with Gasteiger partial charge in [0.15, 0.2) is 6.29 Å². The van der Waals surface area contributed by atoms with Crippen molar-refractivity contribution in [3.63, 3.8) is 0 Å². The molecule has 470 valence electrons. The predicted molar refractivity (Wildman–Crippen MR) is 334 cm³/mol. The lowest BCUT2D eigenvalue weighted by Gasteiger charge is -2.40. The zero-order valence-electron chi connectivity index (χ0n) is 52.1. The summed E-state index contributed by atoms with van der Waals surface area (Å²) in [5.74, 6) is -0.188. The Balaban J connectivity index is 2.03. The first-order valence-corrected chi connectivity index (χ1v) is 34.3. The van der Waals surface area contributed by atoms with E-state index >= 15 is 0 Å². The van der Waals surface area contributed by atoms with Crippen molar-refractivity contribution in [1.82, 2.24) is 5.32 Å². The van der Waals surface area contributed by atoms with Crippen molar-refractivity contribution in [2.24, 2.45) is 0 Å². The molecule has 6 N–H and O–H groups in total. The average molecular weight is 1130 g/mol. The van der Waals surface area contributed by atoms with Gasteiger partial charge in [-0.1, -0.05) is 275 Å². The fourth-order valence-electron chi connectivity index (χ4n) is 10.8. The summed E-state index contributed by atoms with van der Waals surface area (Å²) in [5.41, 5.74) is 0. The van der Waals surface area contributed by atoms with Crippen LogP contribution in [-0.4, -0.2) is 100 Å². The fraction of sp³-hybridized carbons (Fsp3) is 0.884. The zero-order chi connectivity index (χ0) is 58.0. The second kappa shape index (κ2) is 58.6. The normalized spacial score (nSPS) is 18.5. The Bertz CT molecular complexity index is 1420. The quantitative estimate of drug-likeness (QED) is 0.0195. The number of ether oxygens (including phenoxy) is 3. The Hall–Kier alpha value is -2.12. The number of aliphatic hydroxyl groups is 5. The first-order valence-electron chi connectivity index (χ1n) is 34.3. The van der Waals surface area contributed by atoms with Crippen molar-refractivity contribution in [2.45, 2.75) is 371 Å². The molecule has 11 nitrogen and oxygen atoms in total. The van der Waals surface area contributed by atoms with E-state index in [0.29, 0.717) is 19.4 Å². The van der Waals surface area contributed by atoms with Crippen LogP contribution in [0.3, 0.4) is 0 Å². The van der Waals surface area contributed by atoms with E-state index in [9.17, 15) is 35.1 Å². The van der Waals surface area contributed by atoms with Crippen molar-refractivity contribution >= 4 is 11.9 Å². The SMILES string of the molecule is CCCC/C=C\CCCCCCCC(=O)OCCCCCCCCCCCCCC/C=C\CCCCCCCCCCCCC(=O)NC(COC1OC(CO)C(O)C(O)C1O)C(O)/C=C/CCCCCCCCCCCCCCC. The first-order chi connectivity index (χ1) is 39.2. The molecule has 1 saturated heterocycles. The molecule has 1 rings (SSSR count). The van der Waals surface area contributed by atoms with Gasteiger partial charge in [0.1, 0.15) is 24.4 Å². The largest absolute Gasteiger partial charge is 0.466 e. The van der Waals surface area contributed by atoms with Crippen LogP contribution in [0.4, 0.5) is 0 Å². The second-order valence-corrected chi connectivity index (χ2v) is 23.9.